The van der Waals surface area contributed by atoms with Gasteiger partial charge in [-0.15, -0.1) is 0 Å². The Bertz CT molecular complexity index is 1900. The fraction of sp³-hybridized carbons (Fsp3) is 0.395. The number of unbranched alkanes of at least 4 members (excludes halogenated alkanes) is 1. The van der Waals surface area contributed by atoms with Crippen LogP contribution in [0.5, 0.6) is 0 Å². The van der Waals surface area contributed by atoms with Crippen molar-refractivity contribution in [2.24, 2.45) is 5.92 Å². The second-order valence-electron chi connectivity index (χ2n) is 12.7. The molecule has 13 heteroatoms. The number of imidazole rings is 1. The van der Waals surface area contributed by atoms with Crippen LogP contribution in [0.3, 0.4) is 0 Å². The maximum atomic E-state index is 13.8. The van der Waals surface area contributed by atoms with Crippen molar-refractivity contribution in [2.45, 2.75) is 84.1 Å². The van der Waals surface area contributed by atoms with Gasteiger partial charge in [0.25, 0.3) is 10.0 Å². The van der Waals surface area contributed by atoms with Crippen LogP contribution in [0.25, 0.3) is 11.1 Å². The molecule has 0 saturated heterocycles. The zero-order valence-electron chi connectivity index (χ0n) is 29.6. The molecule has 0 fully saturated rings. The molecule has 0 unspecified atom stereocenters. The topological polar surface area (TPSA) is 141 Å². The largest absolute Gasteiger partial charge is 0.449 e. The maximum absolute atomic E-state index is 13.8. The number of carbonyl (C=O) groups is 3. The molecule has 4 aromatic rings. The van der Waals surface area contributed by atoms with Gasteiger partial charge in [-0.3, -0.25) is 14.6 Å². The lowest BCUT2D eigenvalue weighted by Crippen LogP contribution is -2.33. The van der Waals surface area contributed by atoms with E-state index in [9.17, 15) is 22.8 Å². The van der Waals surface area contributed by atoms with Gasteiger partial charge in [0.2, 0.25) is 5.91 Å². The number of halogens is 1. The summed E-state index contributed by atoms with van der Waals surface area (Å²) in [5.74, 6) is 0.658. The number of ketones is 1. The molecule has 272 valence electrons. The van der Waals surface area contributed by atoms with Gasteiger partial charge in [0, 0.05) is 44.1 Å². The lowest BCUT2D eigenvalue weighted by atomic mass is 10.0. The highest BCUT2D eigenvalue weighted by atomic mass is 35.5. The lowest BCUT2D eigenvalue weighted by molar-refractivity contribution is -0.118. The molecule has 0 aliphatic heterocycles. The number of carbonyl (C=O) groups excluding carboxylic acids is 3. The fourth-order valence-electron chi connectivity index (χ4n) is 5.51. The number of sulfonamides is 1. The third-order valence-electron chi connectivity index (χ3n) is 8.24. The number of pyridine rings is 1. The number of Topliss-reactive ketones (excluding diaryl/α,β-unsaturated/α-hetero) is 1. The molecule has 2 amide bonds. The van der Waals surface area contributed by atoms with Crippen LogP contribution in [-0.2, 0) is 32.5 Å². The standard InChI is InChI=1S/C38H46ClN5O6S/c1-5-7-15-34-41-37(39)36(32(45)20-23-43(35(46)11-6-2)30-12-10-22-40-25-30)44(34)26-28-16-18-29(19-17-28)31-13-8-9-14-33(31)51(48,49)42-38(47)50-24-21-27(3)4/h8-10,12-14,16-19,22,25,27H,5-7,11,15,20-21,23-24,26H2,1-4H3,(H,42,47). The average Bonchev–Trinajstić information content (AvgIpc) is 3.41. The van der Waals surface area contributed by atoms with Crippen LogP contribution in [0.1, 0.15) is 88.1 Å². The maximum Gasteiger partial charge on any atom is 0.421 e. The molecule has 51 heavy (non-hydrogen) atoms. The number of aryl methyl sites for hydroxylation is 1. The quantitative estimate of drug-likeness (QED) is 0.102. The molecular formula is C38H46ClN5O6S. The number of ether oxygens (including phenoxy) is 1. The normalized spacial score (nSPS) is 11.4. The molecule has 0 radical (unpaired) electrons. The van der Waals surface area contributed by atoms with E-state index in [4.69, 9.17) is 16.3 Å². The third kappa shape index (κ3) is 10.7. The van der Waals surface area contributed by atoms with Crippen molar-refractivity contribution in [3.05, 3.63) is 95.3 Å². The van der Waals surface area contributed by atoms with E-state index in [1.807, 2.05) is 42.2 Å². The highest BCUT2D eigenvalue weighted by molar-refractivity contribution is 7.90. The van der Waals surface area contributed by atoms with Crippen LogP contribution >= 0.6 is 11.6 Å². The van der Waals surface area contributed by atoms with E-state index in [2.05, 4.69) is 16.9 Å². The molecule has 0 atom stereocenters. The molecule has 0 saturated carbocycles. The number of amides is 2. The number of rotatable bonds is 18. The molecule has 2 heterocycles. The Morgan fingerprint density at radius 2 is 1.73 bits per heavy atom. The van der Waals surface area contributed by atoms with Crippen LogP contribution in [0.15, 0.2) is 78.0 Å². The van der Waals surface area contributed by atoms with Gasteiger partial charge in [0.15, 0.2) is 10.9 Å². The molecule has 0 aliphatic carbocycles. The van der Waals surface area contributed by atoms with Crippen LogP contribution in [0.4, 0.5) is 10.5 Å². The Balaban J connectivity index is 1.57. The average molecular weight is 736 g/mol. The number of nitrogens with one attached hydrogen (secondary N) is 1. The summed E-state index contributed by atoms with van der Waals surface area (Å²) in [5, 5.41) is 0.116. The molecule has 2 aromatic heterocycles. The van der Waals surface area contributed by atoms with Gasteiger partial charge in [-0.05, 0) is 54.5 Å². The number of hydrogen-bond acceptors (Lipinski definition) is 8. The molecule has 0 bridgehead atoms. The Kier molecular flexibility index (Phi) is 14.3. The molecule has 0 spiro atoms. The van der Waals surface area contributed by atoms with Crippen LogP contribution in [0.2, 0.25) is 5.15 Å². The number of anilines is 1. The van der Waals surface area contributed by atoms with Crippen LogP contribution in [0, 0.1) is 5.92 Å². The van der Waals surface area contributed by atoms with Gasteiger partial charge in [0.05, 0.1) is 23.4 Å². The SMILES string of the molecule is CCCCc1nc(Cl)c(C(=O)CCN(C(=O)CCC)c2cccnc2)n1Cc1ccc(-c2ccccc2S(=O)(=O)NC(=O)OCCC(C)C)cc1. The van der Waals surface area contributed by atoms with Crippen molar-refractivity contribution in [1.29, 1.82) is 0 Å². The highest BCUT2D eigenvalue weighted by Crippen LogP contribution is 2.29. The molecule has 0 aliphatic rings. The van der Waals surface area contributed by atoms with Crippen molar-refractivity contribution in [1.82, 2.24) is 19.3 Å². The summed E-state index contributed by atoms with van der Waals surface area (Å²) < 4.78 is 35.4. The van der Waals surface area contributed by atoms with Gasteiger partial charge in [-0.25, -0.2) is 22.9 Å². The smallest absolute Gasteiger partial charge is 0.421 e. The third-order valence-corrected chi connectivity index (χ3v) is 9.87. The molecule has 4 rings (SSSR count). The van der Waals surface area contributed by atoms with E-state index in [1.54, 1.807) is 59.8 Å². The van der Waals surface area contributed by atoms with E-state index < -0.39 is 16.1 Å². The number of hydrogen-bond donors (Lipinski definition) is 1. The zero-order valence-corrected chi connectivity index (χ0v) is 31.2. The predicted molar refractivity (Wildman–Crippen MR) is 198 cm³/mol. The molecule has 1 N–H and O–H groups in total. The van der Waals surface area contributed by atoms with Crippen molar-refractivity contribution in [3.63, 3.8) is 0 Å². The second-order valence-corrected chi connectivity index (χ2v) is 14.7. The Hall–Kier alpha value is -4.55. The Morgan fingerprint density at radius 1 is 0.980 bits per heavy atom. The van der Waals surface area contributed by atoms with E-state index >= 15 is 0 Å². The summed E-state index contributed by atoms with van der Waals surface area (Å²) in [6.45, 7) is 8.53. The van der Waals surface area contributed by atoms with Gasteiger partial charge in [-0.1, -0.05) is 88.2 Å². The van der Waals surface area contributed by atoms with Crippen molar-refractivity contribution < 1.29 is 27.5 Å². The van der Waals surface area contributed by atoms with Crippen molar-refractivity contribution in [3.8, 4) is 11.1 Å². The number of aromatic nitrogens is 3. The molecule has 11 nitrogen and oxygen atoms in total. The first kappa shape index (κ1) is 39.2. The van der Waals surface area contributed by atoms with Gasteiger partial charge in [-0.2, -0.15) is 0 Å². The summed E-state index contributed by atoms with van der Waals surface area (Å²) in [7, 11) is -4.23. The van der Waals surface area contributed by atoms with E-state index in [0.717, 1.165) is 18.4 Å². The highest BCUT2D eigenvalue weighted by Gasteiger charge is 2.25. The van der Waals surface area contributed by atoms with Crippen LogP contribution < -0.4 is 9.62 Å². The summed E-state index contributed by atoms with van der Waals surface area (Å²) >= 11 is 6.64. The second kappa shape index (κ2) is 18.6. The number of benzene rings is 2. The predicted octanol–water partition coefficient (Wildman–Crippen LogP) is 7.86. The van der Waals surface area contributed by atoms with E-state index in [-0.39, 0.29) is 47.0 Å². The van der Waals surface area contributed by atoms with Crippen molar-refractivity contribution >= 4 is 45.1 Å². The van der Waals surface area contributed by atoms with Gasteiger partial charge >= 0.3 is 6.09 Å². The molecule has 2 aromatic carbocycles. The van der Waals surface area contributed by atoms with E-state index in [0.29, 0.717) is 60.8 Å². The zero-order chi connectivity index (χ0) is 37.0. The Morgan fingerprint density at radius 3 is 2.39 bits per heavy atom. The summed E-state index contributed by atoms with van der Waals surface area (Å²) in [5.41, 5.74) is 2.77. The fourth-order valence-corrected chi connectivity index (χ4v) is 6.94. The minimum Gasteiger partial charge on any atom is -0.449 e. The summed E-state index contributed by atoms with van der Waals surface area (Å²) in [4.78, 5) is 49.3. The summed E-state index contributed by atoms with van der Waals surface area (Å²) in [6.07, 6.45) is 6.28. The van der Waals surface area contributed by atoms with Gasteiger partial charge < -0.3 is 14.2 Å². The Labute approximate surface area is 305 Å². The monoisotopic (exact) mass is 735 g/mol. The number of nitrogens with zero attached hydrogens (tertiary/aromatic N) is 4. The first-order valence-electron chi connectivity index (χ1n) is 17.3. The van der Waals surface area contributed by atoms with Gasteiger partial charge in [0.1, 0.15) is 11.5 Å². The summed E-state index contributed by atoms with van der Waals surface area (Å²) in [6, 6.07) is 17.3. The lowest BCUT2D eigenvalue weighted by Gasteiger charge is -2.22. The van der Waals surface area contributed by atoms with Crippen molar-refractivity contribution in [2.75, 3.05) is 18.1 Å². The first-order chi connectivity index (χ1) is 24.4. The minimum atomic E-state index is -4.23. The molecular weight excluding hydrogens is 690 g/mol. The first-order valence-corrected chi connectivity index (χ1v) is 19.2. The minimum absolute atomic E-state index is 0.0342. The van der Waals surface area contributed by atoms with E-state index in [1.165, 1.54) is 6.07 Å². The van der Waals surface area contributed by atoms with Crippen LogP contribution in [-0.4, -0.2) is 53.9 Å².